The van der Waals surface area contributed by atoms with Gasteiger partial charge in [-0.25, -0.2) is 0 Å². The third-order valence-electron chi connectivity index (χ3n) is 5.61. The fourth-order valence-corrected chi connectivity index (χ4v) is 4.06. The van der Waals surface area contributed by atoms with Gasteiger partial charge in [-0.2, -0.15) is 0 Å². The van der Waals surface area contributed by atoms with Gasteiger partial charge in [0, 0.05) is 38.1 Å². The molecular weight excluding hydrogens is 360 g/mol. The molecule has 2 atom stereocenters. The van der Waals surface area contributed by atoms with Crippen molar-refractivity contribution in [3.05, 3.63) is 77.8 Å². The van der Waals surface area contributed by atoms with Crippen molar-refractivity contribution < 1.29 is 4.79 Å². The zero-order valence-electron chi connectivity index (χ0n) is 16.7. The Bertz CT molecular complexity index is 863. The van der Waals surface area contributed by atoms with E-state index in [9.17, 15) is 4.79 Å². The fraction of sp³-hybridized carbons (Fsp3) is 0.375. The van der Waals surface area contributed by atoms with Gasteiger partial charge >= 0.3 is 0 Å². The Morgan fingerprint density at radius 3 is 2.76 bits per heavy atom. The summed E-state index contributed by atoms with van der Waals surface area (Å²) >= 11 is 0. The van der Waals surface area contributed by atoms with Crippen LogP contribution >= 0.6 is 0 Å². The summed E-state index contributed by atoms with van der Waals surface area (Å²) in [6, 6.07) is 16.5. The van der Waals surface area contributed by atoms with Crippen LogP contribution in [0.3, 0.4) is 0 Å². The maximum atomic E-state index is 13.2. The molecule has 1 saturated heterocycles. The van der Waals surface area contributed by atoms with E-state index in [-0.39, 0.29) is 11.9 Å². The number of hydrogen-bond acceptors (Lipinski definition) is 4. The highest BCUT2D eigenvalue weighted by Crippen LogP contribution is 2.27. The zero-order chi connectivity index (χ0) is 19.9. The summed E-state index contributed by atoms with van der Waals surface area (Å²) in [5.41, 5.74) is 2.93. The van der Waals surface area contributed by atoms with Crippen LogP contribution in [0.2, 0.25) is 0 Å². The number of allylic oxidation sites excluding steroid dienone is 1. The van der Waals surface area contributed by atoms with Crippen LogP contribution in [0.5, 0.6) is 0 Å². The number of likely N-dealkylation sites (tertiary alicyclic amines) is 1. The SMILES string of the molecule is O=C(NC1CCN(CCc2ccccc2)C1)C(C1=CCCC=N1)c1ccccn1. The molecule has 5 heteroatoms. The van der Waals surface area contributed by atoms with E-state index in [1.54, 1.807) is 6.20 Å². The second kappa shape index (κ2) is 9.61. The molecule has 2 unspecified atom stereocenters. The number of hydrogen-bond donors (Lipinski definition) is 1. The van der Waals surface area contributed by atoms with Crippen molar-refractivity contribution in [1.29, 1.82) is 0 Å². The van der Waals surface area contributed by atoms with Gasteiger partial charge in [-0.3, -0.25) is 14.8 Å². The summed E-state index contributed by atoms with van der Waals surface area (Å²) in [5, 5.41) is 3.27. The molecular formula is C24H28N4O. The van der Waals surface area contributed by atoms with Crippen LogP contribution in [0, 0.1) is 0 Å². The van der Waals surface area contributed by atoms with Crippen LogP contribution in [0.4, 0.5) is 0 Å². The molecule has 1 aromatic carbocycles. The van der Waals surface area contributed by atoms with Crippen LogP contribution in [0.15, 0.2) is 71.5 Å². The van der Waals surface area contributed by atoms with Crippen molar-refractivity contribution in [1.82, 2.24) is 15.2 Å². The Kier molecular flexibility index (Phi) is 6.47. The van der Waals surface area contributed by atoms with Gasteiger partial charge in [0.2, 0.25) is 5.91 Å². The maximum absolute atomic E-state index is 13.2. The first kappa shape index (κ1) is 19.5. The number of amides is 1. The van der Waals surface area contributed by atoms with E-state index in [1.165, 1.54) is 5.56 Å². The van der Waals surface area contributed by atoms with Crippen LogP contribution < -0.4 is 5.32 Å². The Morgan fingerprint density at radius 2 is 2.00 bits per heavy atom. The monoisotopic (exact) mass is 388 g/mol. The Morgan fingerprint density at radius 1 is 1.14 bits per heavy atom. The highest BCUT2D eigenvalue weighted by molar-refractivity contribution is 5.87. The van der Waals surface area contributed by atoms with Gasteiger partial charge in [0.15, 0.2) is 0 Å². The average molecular weight is 389 g/mol. The number of nitrogens with zero attached hydrogens (tertiary/aromatic N) is 3. The van der Waals surface area contributed by atoms with Gasteiger partial charge in [-0.15, -0.1) is 0 Å². The van der Waals surface area contributed by atoms with Crippen molar-refractivity contribution in [2.45, 2.75) is 37.6 Å². The molecule has 0 saturated carbocycles. The highest BCUT2D eigenvalue weighted by Gasteiger charge is 2.30. The molecule has 3 heterocycles. The predicted octanol–water partition coefficient (Wildman–Crippen LogP) is 3.35. The smallest absolute Gasteiger partial charge is 0.235 e. The van der Waals surface area contributed by atoms with E-state index in [1.807, 2.05) is 24.4 Å². The lowest BCUT2D eigenvalue weighted by Crippen LogP contribution is -2.40. The van der Waals surface area contributed by atoms with Gasteiger partial charge in [0.05, 0.1) is 11.4 Å². The van der Waals surface area contributed by atoms with Crippen molar-refractivity contribution in [3.8, 4) is 0 Å². The molecule has 150 valence electrons. The third kappa shape index (κ3) is 5.18. The molecule has 0 radical (unpaired) electrons. The lowest BCUT2D eigenvalue weighted by atomic mass is 9.96. The topological polar surface area (TPSA) is 57.6 Å². The maximum Gasteiger partial charge on any atom is 0.235 e. The first-order chi connectivity index (χ1) is 14.3. The molecule has 5 nitrogen and oxygen atoms in total. The summed E-state index contributed by atoms with van der Waals surface area (Å²) in [6.45, 7) is 2.94. The number of benzene rings is 1. The minimum absolute atomic E-state index is 0.00362. The largest absolute Gasteiger partial charge is 0.351 e. The molecule has 1 N–H and O–H groups in total. The van der Waals surface area contributed by atoms with Gasteiger partial charge in [-0.05, 0) is 43.4 Å². The van der Waals surface area contributed by atoms with E-state index in [4.69, 9.17) is 0 Å². The Hall–Kier alpha value is -2.79. The number of aliphatic imine (C=N–C) groups is 1. The van der Waals surface area contributed by atoms with Gasteiger partial charge < -0.3 is 10.2 Å². The molecule has 0 bridgehead atoms. The molecule has 4 rings (SSSR count). The molecule has 2 aliphatic heterocycles. The van der Waals surface area contributed by atoms with E-state index < -0.39 is 5.92 Å². The molecule has 1 amide bonds. The normalized spacial score (nSPS) is 20.3. The quantitative estimate of drug-likeness (QED) is 0.791. The number of pyridine rings is 1. The van der Waals surface area contributed by atoms with Crippen LogP contribution in [0.1, 0.15) is 36.4 Å². The average Bonchev–Trinajstić information content (AvgIpc) is 3.22. The first-order valence-electron chi connectivity index (χ1n) is 10.5. The van der Waals surface area contributed by atoms with Crippen molar-refractivity contribution >= 4 is 12.1 Å². The van der Waals surface area contributed by atoms with Gasteiger partial charge in [0.1, 0.15) is 5.92 Å². The number of aromatic nitrogens is 1. The molecule has 29 heavy (non-hydrogen) atoms. The third-order valence-corrected chi connectivity index (χ3v) is 5.61. The second-order valence-corrected chi connectivity index (χ2v) is 7.74. The second-order valence-electron chi connectivity index (χ2n) is 7.74. The number of nitrogens with one attached hydrogen (secondary N) is 1. The number of rotatable bonds is 7. The van der Waals surface area contributed by atoms with Crippen LogP contribution in [-0.4, -0.2) is 47.7 Å². The Balaban J connectivity index is 1.37. The highest BCUT2D eigenvalue weighted by atomic mass is 16.2. The van der Waals surface area contributed by atoms with E-state index >= 15 is 0 Å². The Labute approximate surface area is 172 Å². The summed E-state index contributed by atoms with van der Waals surface area (Å²) in [7, 11) is 0. The van der Waals surface area contributed by atoms with Crippen molar-refractivity contribution in [2.75, 3.05) is 19.6 Å². The van der Waals surface area contributed by atoms with E-state index in [0.717, 1.165) is 56.7 Å². The van der Waals surface area contributed by atoms with Crippen molar-refractivity contribution in [2.24, 2.45) is 4.99 Å². The molecule has 2 aliphatic rings. The summed E-state index contributed by atoms with van der Waals surface area (Å²) in [6.07, 6.45) is 9.59. The minimum atomic E-state index is -0.439. The van der Waals surface area contributed by atoms with Gasteiger partial charge in [-0.1, -0.05) is 42.5 Å². The lowest BCUT2D eigenvalue weighted by Gasteiger charge is -2.22. The number of carbonyl (C=O) groups excluding carboxylic acids is 1. The van der Waals surface area contributed by atoms with Crippen molar-refractivity contribution in [3.63, 3.8) is 0 Å². The van der Waals surface area contributed by atoms with Crippen LogP contribution in [-0.2, 0) is 11.2 Å². The molecule has 2 aromatic rings. The summed E-state index contributed by atoms with van der Waals surface area (Å²) < 4.78 is 0. The predicted molar refractivity (Wildman–Crippen MR) is 116 cm³/mol. The van der Waals surface area contributed by atoms with Crippen LogP contribution in [0.25, 0.3) is 0 Å². The number of carbonyl (C=O) groups is 1. The minimum Gasteiger partial charge on any atom is -0.351 e. The molecule has 0 spiro atoms. The molecule has 0 aliphatic carbocycles. The molecule has 1 fully saturated rings. The van der Waals surface area contributed by atoms with E-state index in [2.05, 4.69) is 56.6 Å². The zero-order valence-corrected chi connectivity index (χ0v) is 16.7. The standard InChI is InChI=1S/C24H28N4O/c29-24(23(21-10-4-6-14-25-21)22-11-5-7-15-26-22)27-20-13-17-28(18-20)16-12-19-8-2-1-3-9-19/h1-4,6,8-11,14-15,20,23H,5,7,12-13,16-18H2,(H,27,29). The first-order valence-corrected chi connectivity index (χ1v) is 10.5. The van der Waals surface area contributed by atoms with E-state index in [0.29, 0.717) is 0 Å². The molecule has 1 aromatic heterocycles. The lowest BCUT2D eigenvalue weighted by molar-refractivity contribution is -0.122. The summed E-state index contributed by atoms with van der Waals surface area (Å²) in [4.78, 5) is 24.6. The van der Waals surface area contributed by atoms with Gasteiger partial charge in [0.25, 0.3) is 0 Å². The summed E-state index contributed by atoms with van der Waals surface area (Å²) in [5.74, 6) is -0.435. The fourth-order valence-electron chi connectivity index (χ4n) is 4.06.